The van der Waals surface area contributed by atoms with Gasteiger partial charge in [-0.3, -0.25) is 0 Å². The van der Waals surface area contributed by atoms with Gasteiger partial charge in [0, 0.05) is 5.56 Å². The van der Waals surface area contributed by atoms with E-state index in [0.717, 1.165) is 22.0 Å². The predicted molar refractivity (Wildman–Crippen MR) is 111 cm³/mol. The summed E-state index contributed by atoms with van der Waals surface area (Å²) in [5.41, 5.74) is 2.31. The van der Waals surface area contributed by atoms with Gasteiger partial charge >= 0.3 is 0 Å². The number of fused-ring (bicyclic) bond motifs is 1. The maximum atomic E-state index is 12.8. The summed E-state index contributed by atoms with van der Waals surface area (Å²) in [5, 5.41) is 5.70. The summed E-state index contributed by atoms with van der Waals surface area (Å²) in [6.07, 6.45) is 0.791. The summed E-state index contributed by atoms with van der Waals surface area (Å²) in [6, 6.07) is 16.0. The predicted octanol–water partition coefficient (Wildman–Crippen LogP) is 4.15. The Kier molecular flexibility index (Phi) is 5.20. The Morgan fingerprint density at radius 2 is 1.82 bits per heavy atom. The van der Waals surface area contributed by atoms with Crippen LogP contribution in [0, 0.1) is 0 Å². The average Bonchev–Trinajstić information content (AvgIpc) is 3.25. The maximum Gasteiger partial charge on any atom is 0.242 e. The molecule has 0 aliphatic carbocycles. The van der Waals surface area contributed by atoms with E-state index in [-0.39, 0.29) is 16.5 Å². The number of rotatable bonds is 6. The SMILES string of the molecule is CCc1nn2c(CNS(=O)(=O)c3ccccc3Cl)c(-c3ccccc3)nc2s1. The number of benzene rings is 2. The van der Waals surface area contributed by atoms with Gasteiger partial charge in [-0.05, 0) is 18.6 Å². The standard InChI is InChI=1S/C19H17ClN4O2S2/c1-2-17-23-24-15(12-21-28(25,26)16-11-7-6-10-14(16)20)18(22-19(24)27-17)13-8-4-3-5-9-13/h3-11,21H,2,12H2,1H3. The highest BCUT2D eigenvalue weighted by atomic mass is 35.5. The third-order valence-corrected chi connectivity index (χ3v) is 7.20. The fraction of sp³-hybridized carbons (Fsp3) is 0.158. The monoisotopic (exact) mass is 432 g/mol. The van der Waals surface area contributed by atoms with Gasteiger partial charge < -0.3 is 0 Å². The smallest absolute Gasteiger partial charge is 0.217 e. The molecule has 1 N–H and O–H groups in total. The fourth-order valence-corrected chi connectivity index (χ4v) is 5.22. The molecular weight excluding hydrogens is 416 g/mol. The number of hydrogen-bond donors (Lipinski definition) is 1. The summed E-state index contributed by atoms with van der Waals surface area (Å²) in [5.74, 6) is 0. The zero-order valence-corrected chi connectivity index (χ0v) is 17.4. The molecule has 0 aliphatic heterocycles. The molecule has 0 amide bonds. The van der Waals surface area contributed by atoms with E-state index in [1.807, 2.05) is 37.3 Å². The van der Waals surface area contributed by atoms with Crippen molar-refractivity contribution in [3.8, 4) is 11.3 Å². The van der Waals surface area contributed by atoms with E-state index in [1.54, 1.807) is 22.7 Å². The molecular formula is C19H17ClN4O2S2. The van der Waals surface area contributed by atoms with Crippen LogP contribution in [0.3, 0.4) is 0 Å². The second kappa shape index (κ2) is 7.63. The van der Waals surface area contributed by atoms with Crippen molar-refractivity contribution >= 4 is 37.9 Å². The first-order chi connectivity index (χ1) is 13.5. The second-order valence-electron chi connectivity index (χ2n) is 6.07. The van der Waals surface area contributed by atoms with Crippen molar-refractivity contribution in [1.29, 1.82) is 0 Å². The molecule has 0 radical (unpaired) electrons. The average molecular weight is 433 g/mol. The Morgan fingerprint density at radius 3 is 2.54 bits per heavy atom. The normalized spacial score (nSPS) is 11.9. The summed E-state index contributed by atoms with van der Waals surface area (Å²) in [7, 11) is -3.78. The lowest BCUT2D eigenvalue weighted by atomic mass is 10.1. The number of aromatic nitrogens is 3. The fourth-order valence-electron chi connectivity index (χ4n) is 2.86. The summed E-state index contributed by atoms with van der Waals surface area (Å²) in [6.45, 7) is 2.07. The molecule has 2 aromatic carbocycles. The number of aryl methyl sites for hydroxylation is 1. The van der Waals surface area contributed by atoms with Gasteiger partial charge in [-0.1, -0.05) is 72.3 Å². The zero-order chi connectivity index (χ0) is 19.7. The largest absolute Gasteiger partial charge is 0.242 e. The Balaban J connectivity index is 1.75. The topological polar surface area (TPSA) is 76.4 Å². The van der Waals surface area contributed by atoms with E-state index in [4.69, 9.17) is 16.6 Å². The zero-order valence-electron chi connectivity index (χ0n) is 15.0. The van der Waals surface area contributed by atoms with E-state index in [2.05, 4.69) is 9.82 Å². The van der Waals surface area contributed by atoms with Crippen molar-refractivity contribution in [3.05, 3.63) is 70.3 Å². The minimum atomic E-state index is -3.78. The van der Waals surface area contributed by atoms with Crippen LogP contribution in [-0.2, 0) is 23.0 Å². The van der Waals surface area contributed by atoms with E-state index in [0.29, 0.717) is 11.4 Å². The summed E-state index contributed by atoms with van der Waals surface area (Å²) < 4.78 is 29.9. The quantitative estimate of drug-likeness (QED) is 0.496. The minimum Gasteiger partial charge on any atom is -0.217 e. The number of nitrogens with zero attached hydrogens (tertiary/aromatic N) is 3. The molecule has 0 aliphatic rings. The van der Waals surface area contributed by atoms with Crippen molar-refractivity contribution in [1.82, 2.24) is 19.3 Å². The Bertz CT molecular complexity index is 1230. The lowest BCUT2D eigenvalue weighted by Gasteiger charge is -2.09. The van der Waals surface area contributed by atoms with Crippen LogP contribution in [0.5, 0.6) is 0 Å². The molecule has 144 valence electrons. The molecule has 0 unspecified atom stereocenters. The van der Waals surface area contributed by atoms with E-state index in [9.17, 15) is 8.42 Å². The van der Waals surface area contributed by atoms with E-state index in [1.165, 1.54) is 17.4 Å². The molecule has 9 heteroatoms. The van der Waals surface area contributed by atoms with Crippen LogP contribution < -0.4 is 4.72 Å². The molecule has 0 spiro atoms. The Labute approximate surface area is 171 Å². The molecule has 4 rings (SSSR count). The third-order valence-electron chi connectivity index (χ3n) is 4.24. The lowest BCUT2D eigenvalue weighted by Crippen LogP contribution is -2.24. The van der Waals surface area contributed by atoms with Crippen LogP contribution in [0.2, 0.25) is 5.02 Å². The molecule has 0 saturated carbocycles. The number of sulfonamides is 1. The molecule has 0 bridgehead atoms. The molecule has 0 fully saturated rings. The van der Waals surface area contributed by atoms with Gasteiger partial charge in [0.2, 0.25) is 15.0 Å². The first-order valence-electron chi connectivity index (χ1n) is 8.66. The highest BCUT2D eigenvalue weighted by Crippen LogP contribution is 2.28. The molecule has 2 heterocycles. The molecule has 0 atom stereocenters. The van der Waals surface area contributed by atoms with E-state index >= 15 is 0 Å². The molecule has 2 aromatic heterocycles. The molecule has 28 heavy (non-hydrogen) atoms. The van der Waals surface area contributed by atoms with Gasteiger partial charge in [-0.15, -0.1) is 0 Å². The van der Waals surface area contributed by atoms with Crippen molar-refractivity contribution in [2.75, 3.05) is 0 Å². The number of halogens is 1. The van der Waals surface area contributed by atoms with E-state index < -0.39 is 10.0 Å². The lowest BCUT2D eigenvalue weighted by molar-refractivity contribution is 0.579. The first kappa shape index (κ1) is 19.1. The molecule has 6 nitrogen and oxygen atoms in total. The minimum absolute atomic E-state index is 0.0474. The van der Waals surface area contributed by atoms with Crippen LogP contribution in [-0.4, -0.2) is 23.0 Å². The van der Waals surface area contributed by atoms with Gasteiger partial charge in [0.25, 0.3) is 0 Å². The highest BCUT2D eigenvalue weighted by molar-refractivity contribution is 7.89. The van der Waals surface area contributed by atoms with Crippen molar-refractivity contribution in [3.63, 3.8) is 0 Å². The molecule has 0 saturated heterocycles. The second-order valence-corrected chi connectivity index (χ2v) is 9.25. The van der Waals surface area contributed by atoms with Gasteiger partial charge in [0.15, 0.2) is 0 Å². The van der Waals surface area contributed by atoms with Crippen LogP contribution in [0.1, 0.15) is 17.6 Å². The van der Waals surface area contributed by atoms with Gasteiger partial charge in [0.1, 0.15) is 9.90 Å². The summed E-state index contributed by atoms with van der Waals surface area (Å²) >= 11 is 7.57. The van der Waals surface area contributed by atoms with Crippen LogP contribution in [0.4, 0.5) is 0 Å². The van der Waals surface area contributed by atoms with Gasteiger partial charge in [0.05, 0.1) is 23.0 Å². The Morgan fingerprint density at radius 1 is 1.11 bits per heavy atom. The maximum absolute atomic E-state index is 12.8. The highest BCUT2D eigenvalue weighted by Gasteiger charge is 2.22. The van der Waals surface area contributed by atoms with Gasteiger partial charge in [-0.25, -0.2) is 22.6 Å². The first-order valence-corrected chi connectivity index (χ1v) is 11.3. The van der Waals surface area contributed by atoms with Crippen LogP contribution >= 0.6 is 22.9 Å². The number of imidazole rings is 1. The van der Waals surface area contributed by atoms with Crippen LogP contribution in [0.15, 0.2) is 59.5 Å². The van der Waals surface area contributed by atoms with Crippen molar-refractivity contribution < 1.29 is 8.42 Å². The third kappa shape index (κ3) is 3.56. The van der Waals surface area contributed by atoms with Crippen LogP contribution in [0.25, 0.3) is 16.2 Å². The van der Waals surface area contributed by atoms with Crippen molar-refractivity contribution in [2.24, 2.45) is 0 Å². The van der Waals surface area contributed by atoms with Crippen molar-refractivity contribution in [2.45, 2.75) is 24.8 Å². The van der Waals surface area contributed by atoms with Gasteiger partial charge in [-0.2, -0.15) is 5.10 Å². The summed E-state index contributed by atoms with van der Waals surface area (Å²) in [4.78, 5) is 5.49. The Hall–Kier alpha value is -2.26. The molecule has 4 aromatic rings. The number of nitrogens with one attached hydrogen (secondary N) is 1. The number of hydrogen-bond acceptors (Lipinski definition) is 5.